The monoisotopic (exact) mass is 451 g/mol. The van der Waals surface area contributed by atoms with Crippen LogP contribution in [0.1, 0.15) is 51.2 Å². The summed E-state index contributed by atoms with van der Waals surface area (Å²) in [4.78, 5) is 38.2. The lowest BCUT2D eigenvalue weighted by atomic mass is 10.0. The van der Waals surface area contributed by atoms with Gasteiger partial charge in [-0.2, -0.15) is 0 Å². The number of ether oxygens (including phenoxy) is 1. The zero-order valence-corrected chi connectivity index (χ0v) is 19.3. The molecule has 0 spiro atoms. The number of rotatable bonds is 10. The van der Waals surface area contributed by atoms with E-state index in [2.05, 4.69) is 19.2 Å². The Balaban J connectivity index is 1.91. The zero-order valence-electron chi connectivity index (χ0n) is 19.3. The van der Waals surface area contributed by atoms with Crippen molar-refractivity contribution in [1.29, 1.82) is 0 Å². The molecule has 0 aromatic heterocycles. The van der Waals surface area contributed by atoms with Gasteiger partial charge in [-0.05, 0) is 61.6 Å². The van der Waals surface area contributed by atoms with Crippen LogP contribution in [0.4, 0.5) is 11.4 Å². The second kappa shape index (κ2) is 10.4. The molecule has 8 nitrogen and oxygen atoms in total. The molecule has 8 heteroatoms. The number of nitro benzene ring substituents is 1. The summed E-state index contributed by atoms with van der Waals surface area (Å²) in [6, 6.07) is 13.3. The Morgan fingerprint density at radius 3 is 2.15 bits per heavy atom. The minimum absolute atomic E-state index is 0.0646. The normalized spacial score (nSPS) is 14.1. The molecule has 0 bridgehead atoms. The van der Waals surface area contributed by atoms with E-state index in [-0.39, 0.29) is 29.6 Å². The first-order valence-corrected chi connectivity index (χ1v) is 11.0. The zero-order chi connectivity index (χ0) is 24.1. The Morgan fingerprint density at radius 1 is 0.970 bits per heavy atom. The van der Waals surface area contributed by atoms with Crippen LogP contribution >= 0.6 is 0 Å². The van der Waals surface area contributed by atoms with Crippen LogP contribution in [-0.4, -0.2) is 40.9 Å². The summed E-state index contributed by atoms with van der Waals surface area (Å²) in [6.45, 7) is 8.69. The summed E-state index contributed by atoms with van der Waals surface area (Å²) in [6.07, 6.45) is 0.578. The van der Waals surface area contributed by atoms with Crippen molar-refractivity contribution in [1.82, 2.24) is 4.90 Å². The maximum atomic E-state index is 13.2. The lowest BCUT2D eigenvalue weighted by Gasteiger charge is -2.16. The molecule has 0 fully saturated rings. The third-order valence-corrected chi connectivity index (χ3v) is 5.36. The van der Waals surface area contributed by atoms with Crippen LogP contribution in [-0.2, 0) is 14.3 Å². The number of amides is 2. The molecule has 2 aromatic carbocycles. The lowest BCUT2D eigenvalue weighted by molar-refractivity contribution is -0.384. The van der Waals surface area contributed by atoms with Gasteiger partial charge in [-0.3, -0.25) is 24.6 Å². The number of hydrogen-bond donors (Lipinski definition) is 1. The molecule has 33 heavy (non-hydrogen) atoms. The number of carbonyl (C=O) groups excluding carboxylic acids is 2. The Bertz CT molecular complexity index is 1060. The van der Waals surface area contributed by atoms with Gasteiger partial charge < -0.3 is 10.1 Å². The van der Waals surface area contributed by atoms with Gasteiger partial charge in [0.1, 0.15) is 5.70 Å². The van der Waals surface area contributed by atoms with E-state index in [0.717, 1.165) is 5.56 Å². The van der Waals surface area contributed by atoms with Crippen LogP contribution < -0.4 is 5.32 Å². The van der Waals surface area contributed by atoms with Gasteiger partial charge >= 0.3 is 0 Å². The number of non-ortho nitro benzene ring substituents is 1. The molecule has 2 amide bonds. The fraction of sp³-hybridized carbons (Fsp3) is 0.360. The Hall–Kier alpha value is -3.52. The Morgan fingerprint density at radius 2 is 1.61 bits per heavy atom. The van der Waals surface area contributed by atoms with Gasteiger partial charge in [-0.15, -0.1) is 0 Å². The predicted octanol–water partition coefficient (Wildman–Crippen LogP) is 4.73. The first-order valence-electron chi connectivity index (χ1n) is 11.0. The smallest absolute Gasteiger partial charge is 0.278 e. The highest BCUT2D eigenvalue weighted by atomic mass is 16.6. The third kappa shape index (κ3) is 5.64. The standard InChI is InChI=1S/C25H29N3O5/c1-16(2)18-6-10-20(11-7-18)26-23-22(19-8-12-21(13-9-19)28(31)32)24(29)27(25(23)30)14-5-15-33-17(3)4/h6-13,16-17,26H,5,14-15H2,1-4H3. The first-order chi connectivity index (χ1) is 15.7. The maximum absolute atomic E-state index is 13.2. The Labute approximate surface area is 193 Å². The quantitative estimate of drug-likeness (QED) is 0.243. The van der Waals surface area contributed by atoms with Crippen molar-refractivity contribution < 1.29 is 19.2 Å². The van der Waals surface area contributed by atoms with Crippen LogP contribution in [0.2, 0.25) is 0 Å². The summed E-state index contributed by atoms with van der Waals surface area (Å²) in [5.41, 5.74) is 2.56. The summed E-state index contributed by atoms with van der Waals surface area (Å²) in [7, 11) is 0. The van der Waals surface area contributed by atoms with Crippen LogP contribution in [0, 0.1) is 10.1 Å². The third-order valence-electron chi connectivity index (χ3n) is 5.36. The molecule has 0 unspecified atom stereocenters. The number of nitrogens with zero attached hydrogens (tertiary/aromatic N) is 2. The van der Waals surface area contributed by atoms with Crippen LogP contribution in [0.25, 0.3) is 5.57 Å². The summed E-state index contributed by atoms with van der Waals surface area (Å²) in [5.74, 6) is -0.488. The average Bonchev–Trinajstić information content (AvgIpc) is 3.00. The van der Waals surface area contributed by atoms with Gasteiger partial charge in [-0.1, -0.05) is 26.0 Å². The number of imide groups is 1. The molecule has 3 rings (SSSR count). The maximum Gasteiger partial charge on any atom is 0.278 e. The van der Waals surface area contributed by atoms with Crippen molar-refractivity contribution >= 4 is 28.8 Å². The highest BCUT2D eigenvalue weighted by Gasteiger charge is 2.39. The van der Waals surface area contributed by atoms with Gasteiger partial charge in [0.2, 0.25) is 0 Å². The molecule has 1 heterocycles. The molecular formula is C25H29N3O5. The average molecular weight is 452 g/mol. The van der Waals surface area contributed by atoms with Gasteiger partial charge in [0, 0.05) is 31.0 Å². The van der Waals surface area contributed by atoms with E-state index in [9.17, 15) is 19.7 Å². The number of nitrogens with one attached hydrogen (secondary N) is 1. The molecule has 0 saturated carbocycles. The highest BCUT2D eigenvalue weighted by molar-refractivity contribution is 6.36. The molecule has 0 radical (unpaired) electrons. The highest BCUT2D eigenvalue weighted by Crippen LogP contribution is 2.32. The number of benzene rings is 2. The fourth-order valence-electron chi connectivity index (χ4n) is 3.55. The Kier molecular flexibility index (Phi) is 7.60. The number of carbonyl (C=O) groups is 2. The number of hydrogen-bond acceptors (Lipinski definition) is 6. The molecule has 0 saturated heterocycles. The van der Waals surface area contributed by atoms with Crippen molar-refractivity contribution in [3.05, 3.63) is 75.5 Å². The minimum Gasteiger partial charge on any atom is -0.379 e. The molecular weight excluding hydrogens is 422 g/mol. The van der Waals surface area contributed by atoms with E-state index < -0.39 is 16.7 Å². The first kappa shape index (κ1) is 24.1. The molecule has 174 valence electrons. The predicted molar refractivity (Wildman–Crippen MR) is 127 cm³/mol. The summed E-state index contributed by atoms with van der Waals surface area (Å²) >= 11 is 0. The largest absolute Gasteiger partial charge is 0.379 e. The molecule has 2 aromatic rings. The number of nitro groups is 1. The molecule has 1 aliphatic rings. The SMILES string of the molecule is CC(C)OCCCN1C(=O)C(Nc2ccc(C(C)C)cc2)=C(c2ccc([N+](=O)[O-])cc2)C1=O. The fourth-order valence-corrected chi connectivity index (χ4v) is 3.55. The van der Waals surface area contributed by atoms with Crippen LogP contribution in [0.3, 0.4) is 0 Å². The van der Waals surface area contributed by atoms with Gasteiger partial charge in [0.25, 0.3) is 17.5 Å². The topological polar surface area (TPSA) is 102 Å². The molecule has 1 aliphatic heterocycles. The van der Waals surface area contributed by atoms with Gasteiger partial charge in [-0.25, -0.2) is 0 Å². The second-order valence-corrected chi connectivity index (χ2v) is 8.49. The summed E-state index contributed by atoms with van der Waals surface area (Å²) < 4.78 is 5.53. The summed E-state index contributed by atoms with van der Waals surface area (Å²) in [5, 5.41) is 14.1. The molecule has 1 N–H and O–H groups in total. The number of anilines is 1. The van der Waals surface area contributed by atoms with Crippen LogP contribution in [0.5, 0.6) is 0 Å². The van der Waals surface area contributed by atoms with E-state index in [1.54, 1.807) is 0 Å². The van der Waals surface area contributed by atoms with E-state index in [4.69, 9.17) is 4.74 Å². The van der Waals surface area contributed by atoms with Crippen molar-refractivity contribution in [2.45, 2.75) is 46.1 Å². The van der Waals surface area contributed by atoms with E-state index in [1.807, 2.05) is 38.1 Å². The second-order valence-electron chi connectivity index (χ2n) is 8.49. The van der Waals surface area contributed by atoms with Gasteiger partial charge in [0.15, 0.2) is 0 Å². The van der Waals surface area contributed by atoms with Crippen LogP contribution in [0.15, 0.2) is 54.2 Å². The lowest BCUT2D eigenvalue weighted by Crippen LogP contribution is -2.34. The van der Waals surface area contributed by atoms with Crippen molar-refractivity contribution in [2.75, 3.05) is 18.5 Å². The van der Waals surface area contributed by atoms with Crippen molar-refractivity contribution in [3.63, 3.8) is 0 Å². The van der Waals surface area contributed by atoms with Crippen molar-refractivity contribution in [3.8, 4) is 0 Å². The van der Waals surface area contributed by atoms with E-state index in [0.29, 0.717) is 30.2 Å². The van der Waals surface area contributed by atoms with E-state index in [1.165, 1.54) is 29.2 Å². The van der Waals surface area contributed by atoms with E-state index >= 15 is 0 Å². The minimum atomic E-state index is -0.504. The van der Waals surface area contributed by atoms with Gasteiger partial charge in [0.05, 0.1) is 16.6 Å². The molecule has 0 atom stereocenters. The molecule has 0 aliphatic carbocycles. The van der Waals surface area contributed by atoms with Crippen molar-refractivity contribution in [2.24, 2.45) is 0 Å².